The molecular weight excluding hydrogens is 644 g/mol. The highest BCUT2D eigenvalue weighted by Crippen LogP contribution is 2.23. The van der Waals surface area contributed by atoms with Crippen molar-refractivity contribution in [2.75, 3.05) is 11.4 Å². The highest BCUT2D eigenvalue weighted by molar-refractivity contribution is 7.80. The van der Waals surface area contributed by atoms with Crippen LogP contribution in [0, 0.1) is 6.92 Å². The number of carbonyl (C=O) groups is 3. The van der Waals surface area contributed by atoms with E-state index in [4.69, 9.17) is 4.74 Å². The van der Waals surface area contributed by atoms with Crippen LogP contribution in [0.25, 0.3) is 0 Å². The molecule has 258 valence electrons. The summed E-state index contributed by atoms with van der Waals surface area (Å²) in [4.78, 5) is 40.9. The third-order valence-electron chi connectivity index (χ3n) is 8.06. The number of rotatable bonds is 16. The zero-order chi connectivity index (χ0) is 35.3. The lowest BCUT2D eigenvalue weighted by molar-refractivity contribution is -0.134. The van der Waals surface area contributed by atoms with E-state index < -0.39 is 53.2 Å². The van der Waals surface area contributed by atoms with Crippen LogP contribution in [0.3, 0.4) is 0 Å². The maximum absolute atomic E-state index is 14.0. The van der Waals surface area contributed by atoms with Gasteiger partial charge in [-0.1, -0.05) is 91.0 Å². The molecule has 0 aliphatic rings. The molecule has 4 N–H and O–H groups in total. The maximum atomic E-state index is 14.0. The Labute approximate surface area is 289 Å². The zero-order valence-corrected chi connectivity index (χ0v) is 28.4. The van der Waals surface area contributed by atoms with Crippen molar-refractivity contribution in [3.8, 4) is 5.75 Å². The van der Waals surface area contributed by atoms with Gasteiger partial charge >= 0.3 is 0 Å². The molecule has 4 aromatic rings. The van der Waals surface area contributed by atoms with Gasteiger partial charge in [-0.2, -0.15) is 0 Å². The predicted molar refractivity (Wildman–Crippen MR) is 187 cm³/mol. The van der Waals surface area contributed by atoms with E-state index in [2.05, 4.69) is 16.0 Å². The molecule has 5 atom stereocenters. The number of benzene rings is 4. The zero-order valence-electron chi connectivity index (χ0n) is 27.6. The number of nitrogens with one attached hydrogen (secondary N) is 3. The molecule has 0 heterocycles. The lowest BCUT2D eigenvalue weighted by Crippen LogP contribution is -2.58. The van der Waals surface area contributed by atoms with Gasteiger partial charge in [0.1, 0.15) is 17.8 Å². The van der Waals surface area contributed by atoms with Crippen LogP contribution in [0.2, 0.25) is 0 Å². The van der Waals surface area contributed by atoms with E-state index in [9.17, 15) is 28.3 Å². The molecule has 49 heavy (non-hydrogen) atoms. The summed E-state index contributed by atoms with van der Waals surface area (Å²) in [5, 5.41) is 19.5. The average Bonchev–Trinajstić information content (AvgIpc) is 3.11. The molecule has 0 radical (unpaired) electrons. The van der Waals surface area contributed by atoms with E-state index in [-0.39, 0.29) is 19.4 Å². The molecule has 0 fully saturated rings. The first kappa shape index (κ1) is 36.8. The number of carbonyl (C=O) groups excluding carboxylic acids is 3. The van der Waals surface area contributed by atoms with E-state index in [1.165, 1.54) is 14.0 Å². The highest BCUT2D eigenvalue weighted by Gasteiger charge is 2.33. The van der Waals surface area contributed by atoms with Crippen LogP contribution in [0.15, 0.2) is 109 Å². The van der Waals surface area contributed by atoms with Crippen molar-refractivity contribution in [3.05, 3.63) is 131 Å². The Morgan fingerprint density at radius 1 is 0.776 bits per heavy atom. The van der Waals surface area contributed by atoms with Crippen LogP contribution in [-0.4, -0.2) is 62.9 Å². The summed E-state index contributed by atoms with van der Waals surface area (Å²) in [6, 6.07) is 28.5. The van der Waals surface area contributed by atoms with Gasteiger partial charge < -0.3 is 30.3 Å². The van der Waals surface area contributed by atoms with Gasteiger partial charge in [-0.3, -0.25) is 22.9 Å². The number of aryl methyl sites for hydroxylation is 1. The number of para-hydroxylation sites is 1. The van der Waals surface area contributed by atoms with Gasteiger partial charge in [0.2, 0.25) is 11.8 Å². The molecule has 0 saturated carbocycles. The van der Waals surface area contributed by atoms with E-state index in [1.807, 2.05) is 60.7 Å². The van der Waals surface area contributed by atoms with Crippen LogP contribution in [0.4, 0.5) is 5.69 Å². The van der Waals surface area contributed by atoms with Crippen LogP contribution in [-0.2, 0) is 45.0 Å². The number of anilines is 1. The molecule has 0 aliphatic heterocycles. The number of aliphatic hydroxyl groups excluding tert-OH is 1. The monoisotopic (exact) mass is 685 g/mol. The Kier molecular flexibility index (Phi) is 13.5. The van der Waals surface area contributed by atoms with E-state index >= 15 is 0 Å². The first-order chi connectivity index (χ1) is 23.6. The predicted octanol–water partition coefficient (Wildman–Crippen LogP) is 3.12. The maximum Gasteiger partial charge on any atom is 0.251 e. The van der Waals surface area contributed by atoms with Gasteiger partial charge in [-0.25, -0.2) is 0 Å². The molecule has 0 aliphatic carbocycles. The fourth-order valence-corrected chi connectivity index (χ4v) is 6.02. The molecule has 0 saturated heterocycles. The average molecular weight is 686 g/mol. The summed E-state index contributed by atoms with van der Waals surface area (Å²) >= 11 is -2.81. The fraction of sp³-hybridized carbons (Fsp3) is 0.270. The molecule has 3 amide bonds. The number of hydrogen-bond donors (Lipinski definition) is 4. The van der Waals surface area contributed by atoms with Crippen LogP contribution < -0.4 is 25.0 Å². The van der Waals surface area contributed by atoms with Crippen molar-refractivity contribution in [1.82, 2.24) is 16.0 Å². The summed E-state index contributed by atoms with van der Waals surface area (Å²) in [5.41, 5.74) is 3.24. The number of amides is 3. The molecule has 0 spiro atoms. The van der Waals surface area contributed by atoms with Crippen molar-refractivity contribution < 1.29 is 33.0 Å². The molecule has 11 nitrogen and oxygen atoms in total. The van der Waals surface area contributed by atoms with Crippen molar-refractivity contribution in [3.63, 3.8) is 0 Å². The van der Waals surface area contributed by atoms with Gasteiger partial charge in [0, 0.05) is 24.2 Å². The molecule has 0 bridgehead atoms. The third-order valence-corrected chi connectivity index (χ3v) is 8.90. The molecule has 3 unspecified atom stereocenters. The highest BCUT2D eigenvalue weighted by atomic mass is 32.2. The van der Waals surface area contributed by atoms with Gasteiger partial charge in [-0.05, 0) is 60.7 Å². The van der Waals surface area contributed by atoms with Crippen LogP contribution in [0.5, 0.6) is 5.75 Å². The van der Waals surface area contributed by atoms with Gasteiger partial charge in [0.15, 0.2) is 6.10 Å². The summed E-state index contributed by atoms with van der Waals surface area (Å²) in [6.07, 6.45) is -1.50. The smallest absolute Gasteiger partial charge is 0.251 e. The number of hydrogen-bond acceptors (Lipinski definition) is 7. The summed E-state index contributed by atoms with van der Waals surface area (Å²) < 4.78 is 30.9. The van der Waals surface area contributed by atoms with Crippen LogP contribution in [0.1, 0.15) is 29.2 Å². The Morgan fingerprint density at radius 2 is 1.35 bits per heavy atom. The van der Waals surface area contributed by atoms with Crippen molar-refractivity contribution in [1.29, 1.82) is 0 Å². The summed E-state index contributed by atoms with van der Waals surface area (Å²) in [7, 11) is 1.53. The minimum Gasteiger partial charge on any atom is -0.755 e. The Morgan fingerprint density at radius 3 is 1.94 bits per heavy atom. The lowest BCUT2D eigenvalue weighted by Gasteiger charge is -2.33. The second-order valence-electron chi connectivity index (χ2n) is 11.6. The summed E-state index contributed by atoms with van der Waals surface area (Å²) in [6.45, 7) is 3.34. The normalized spacial score (nSPS) is 14.0. The van der Waals surface area contributed by atoms with Crippen LogP contribution >= 0.6 is 0 Å². The van der Waals surface area contributed by atoms with Gasteiger partial charge in [0.25, 0.3) is 5.91 Å². The topological polar surface area (TPSA) is 160 Å². The minimum absolute atomic E-state index is 0.0213. The lowest BCUT2D eigenvalue weighted by atomic mass is 9.98. The summed E-state index contributed by atoms with van der Waals surface area (Å²) in [5.74, 6) is -1.47. The largest absolute Gasteiger partial charge is 0.755 e. The first-order valence-electron chi connectivity index (χ1n) is 15.8. The number of methoxy groups -OCH3 is 1. The second-order valence-corrected chi connectivity index (χ2v) is 12.4. The minimum atomic E-state index is -2.81. The quantitative estimate of drug-likeness (QED) is 0.132. The molecular formula is C37H41N4O7S-. The fourth-order valence-electron chi connectivity index (χ4n) is 5.30. The SMILES string of the molecule is COc1ccc(C[C@H](NC(=O)[C@H](C)N(c2ccccc2C)S(=O)[O-])C(=O)NC(Cc2ccccc2)C(O)C(=O)NCc2ccccc2)cc1. The van der Waals surface area contributed by atoms with Crippen molar-refractivity contribution >= 4 is 34.7 Å². The Hall–Kier alpha value is -5.04. The number of ether oxygens (including phenoxy) is 1. The Balaban J connectivity index is 1.59. The standard InChI is InChI=1S/C37H42N4O7S/c1-25-12-10-11-17-33(25)41(49(46)47)26(2)35(43)40-32(23-28-18-20-30(48-3)21-19-28)36(44)39-31(22-27-13-6-4-7-14-27)34(42)37(45)38-24-29-15-8-5-9-16-29/h4-21,26,31-32,34,42H,22-24H2,1-3H3,(H,38,45)(H,39,44)(H,40,43)(H,46,47)/p-1/t26-,31?,32-,34?/m0/s1. The number of aliphatic hydroxyl groups is 1. The van der Waals surface area contributed by atoms with Crippen molar-refractivity contribution in [2.24, 2.45) is 0 Å². The molecule has 12 heteroatoms. The van der Waals surface area contributed by atoms with E-state index in [0.717, 1.165) is 15.4 Å². The van der Waals surface area contributed by atoms with Gasteiger partial charge in [0.05, 0.1) is 18.8 Å². The molecule has 4 aromatic carbocycles. The number of nitrogens with zero attached hydrogens (tertiary/aromatic N) is 1. The van der Waals surface area contributed by atoms with Crippen molar-refractivity contribution in [2.45, 2.75) is 57.5 Å². The molecule has 4 rings (SSSR count). The molecule has 0 aromatic heterocycles. The third kappa shape index (κ3) is 10.5. The Bertz CT molecular complexity index is 1710. The van der Waals surface area contributed by atoms with E-state index in [0.29, 0.717) is 22.6 Å². The van der Waals surface area contributed by atoms with E-state index in [1.54, 1.807) is 55.5 Å². The first-order valence-corrected chi connectivity index (χ1v) is 16.8. The second kappa shape index (κ2) is 17.9. The van der Waals surface area contributed by atoms with Gasteiger partial charge in [-0.15, -0.1) is 0 Å².